The SMILES string of the molecule is CCCCn1ccnc1[C@H]1CCCN(C(=O)CCc2ccc(O)cc2)C1. The van der Waals surface area contributed by atoms with Crippen LogP contribution in [0.1, 0.15) is 56.3 Å². The molecule has 1 fully saturated rings. The second-order valence-electron chi connectivity index (χ2n) is 7.18. The van der Waals surface area contributed by atoms with E-state index in [4.69, 9.17) is 0 Å². The van der Waals surface area contributed by atoms with E-state index in [2.05, 4.69) is 22.7 Å². The average Bonchev–Trinajstić information content (AvgIpc) is 3.14. The van der Waals surface area contributed by atoms with Gasteiger partial charge >= 0.3 is 0 Å². The molecule has 1 amide bonds. The minimum Gasteiger partial charge on any atom is -0.508 e. The maximum Gasteiger partial charge on any atom is 0.222 e. The molecule has 0 spiro atoms. The molecule has 1 atom stereocenters. The standard InChI is InChI=1S/C21H29N3O2/c1-2-3-13-23-15-12-22-21(23)18-5-4-14-24(16-18)20(26)11-8-17-6-9-19(25)10-7-17/h6-7,9-10,12,15,18,25H,2-5,8,11,13-14,16H2,1H3/t18-/m0/s1. The number of phenols is 1. The number of nitrogens with zero attached hydrogens (tertiary/aromatic N) is 3. The second-order valence-corrected chi connectivity index (χ2v) is 7.18. The highest BCUT2D eigenvalue weighted by Gasteiger charge is 2.27. The fourth-order valence-electron chi connectivity index (χ4n) is 3.68. The van der Waals surface area contributed by atoms with Crippen molar-refractivity contribution in [3.63, 3.8) is 0 Å². The topological polar surface area (TPSA) is 58.4 Å². The molecule has 140 valence electrons. The predicted molar refractivity (Wildman–Crippen MR) is 102 cm³/mol. The van der Waals surface area contributed by atoms with Crippen molar-refractivity contribution in [3.8, 4) is 5.75 Å². The largest absolute Gasteiger partial charge is 0.508 e. The normalized spacial score (nSPS) is 17.4. The number of aromatic hydroxyl groups is 1. The smallest absolute Gasteiger partial charge is 0.222 e. The monoisotopic (exact) mass is 355 g/mol. The zero-order chi connectivity index (χ0) is 18.4. The first-order valence-corrected chi connectivity index (χ1v) is 9.74. The maximum absolute atomic E-state index is 12.7. The zero-order valence-electron chi connectivity index (χ0n) is 15.6. The molecular weight excluding hydrogens is 326 g/mol. The summed E-state index contributed by atoms with van der Waals surface area (Å²) in [5, 5.41) is 9.35. The highest BCUT2D eigenvalue weighted by atomic mass is 16.3. The Balaban J connectivity index is 1.56. The van der Waals surface area contributed by atoms with E-state index in [0.717, 1.165) is 50.3 Å². The fraction of sp³-hybridized carbons (Fsp3) is 0.524. The molecule has 1 N–H and O–H groups in total. The molecule has 3 rings (SSSR count). The van der Waals surface area contributed by atoms with Crippen LogP contribution in [0.25, 0.3) is 0 Å². The van der Waals surface area contributed by atoms with Crippen LogP contribution in [-0.2, 0) is 17.8 Å². The minimum absolute atomic E-state index is 0.217. The zero-order valence-corrected chi connectivity index (χ0v) is 15.6. The molecule has 2 aromatic rings. The van der Waals surface area contributed by atoms with E-state index in [9.17, 15) is 9.90 Å². The van der Waals surface area contributed by atoms with Gasteiger partial charge in [-0.05, 0) is 43.4 Å². The summed E-state index contributed by atoms with van der Waals surface area (Å²) in [7, 11) is 0. The van der Waals surface area contributed by atoms with E-state index in [1.807, 2.05) is 23.2 Å². The van der Waals surface area contributed by atoms with Crippen molar-refractivity contribution in [2.24, 2.45) is 0 Å². The molecule has 1 aliphatic heterocycles. The van der Waals surface area contributed by atoms with Crippen LogP contribution in [0.3, 0.4) is 0 Å². The number of imidazole rings is 1. The summed E-state index contributed by atoms with van der Waals surface area (Å²) >= 11 is 0. The van der Waals surface area contributed by atoms with Crippen LogP contribution < -0.4 is 0 Å². The third kappa shape index (κ3) is 4.65. The molecule has 1 aromatic carbocycles. The maximum atomic E-state index is 12.7. The van der Waals surface area contributed by atoms with Crippen LogP contribution in [-0.4, -0.2) is 38.6 Å². The Labute approximate surface area is 155 Å². The van der Waals surface area contributed by atoms with Crippen LogP contribution >= 0.6 is 0 Å². The molecule has 1 saturated heterocycles. The molecule has 0 saturated carbocycles. The van der Waals surface area contributed by atoms with E-state index < -0.39 is 0 Å². The van der Waals surface area contributed by atoms with Gasteiger partial charge in [-0.25, -0.2) is 4.98 Å². The first-order valence-electron chi connectivity index (χ1n) is 9.74. The van der Waals surface area contributed by atoms with Gasteiger partial charge in [-0.15, -0.1) is 0 Å². The molecular formula is C21H29N3O2. The molecule has 5 heteroatoms. The summed E-state index contributed by atoms with van der Waals surface area (Å²) < 4.78 is 2.26. The third-order valence-electron chi connectivity index (χ3n) is 5.20. The summed E-state index contributed by atoms with van der Waals surface area (Å²) in [6.45, 7) is 4.83. The number of rotatable bonds is 7. The van der Waals surface area contributed by atoms with Gasteiger partial charge in [0, 0.05) is 44.4 Å². The van der Waals surface area contributed by atoms with Gasteiger partial charge in [0.05, 0.1) is 0 Å². The number of amides is 1. The van der Waals surface area contributed by atoms with Crippen LogP contribution in [0.5, 0.6) is 5.75 Å². The first kappa shape index (κ1) is 18.5. The van der Waals surface area contributed by atoms with Crippen LogP contribution in [0.2, 0.25) is 0 Å². The number of benzene rings is 1. The van der Waals surface area contributed by atoms with Crippen molar-refractivity contribution in [1.82, 2.24) is 14.5 Å². The predicted octanol–water partition coefficient (Wildman–Crippen LogP) is 3.73. The number of unbranched alkanes of at least 4 members (excludes halogenated alkanes) is 1. The minimum atomic E-state index is 0.217. The number of carbonyl (C=O) groups excluding carboxylic acids is 1. The Kier molecular flexibility index (Phi) is 6.31. The number of piperidine rings is 1. The van der Waals surface area contributed by atoms with E-state index in [-0.39, 0.29) is 11.7 Å². The van der Waals surface area contributed by atoms with E-state index in [1.54, 1.807) is 12.1 Å². The van der Waals surface area contributed by atoms with Crippen LogP contribution in [0, 0.1) is 0 Å². The van der Waals surface area contributed by atoms with Gasteiger partial charge < -0.3 is 14.6 Å². The Morgan fingerprint density at radius 3 is 2.88 bits per heavy atom. The summed E-state index contributed by atoms with van der Waals surface area (Å²) in [6, 6.07) is 7.11. The van der Waals surface area contributed by atoms with Gasteiger partial charge in [0.25, 0.3) is 0 Å². The van der Waals surface area contributed by atoms with Crippen molar-refractivity contribution >= 4 is 5.91 Å². The van der Waals surface area contributed by atoms with Gasteiger partial charge in [-0.1, -0.05) is 25.5 Å². The number of aryl methyl sites for hydroxylation is 2. The Hall–Kier alpha value is -2.30. The fourth-order valence-corrected chi connectivity index (χ4v) is 3.68. The molecule has 2 heterocycles. The summed E-state index contributed by atoms with van der Waals surface area (Å²) in [6.07, 6.45) is 9.65. The molecule has 0 bridgehead atoms. The molecule has 1 aliphatic rings. The Bertz CT molecular complexity index is 708. The van der Waals surface area contributed by atoms with E-state index >= 15 is 0 Å². The summed E-state index contributed by atoms with van der Waals surface area (Å²) in [5.41, 5.74) is 1.08. The summed E-state index contributed by atoms with van der Waals surface area (Å²) in [4.78, 5) is 19.3. The van der Waals surface area contributed by atoms with E-state index in [1.165, 1.54) is 6.42 Å². The quantitative estimate of drug-likeness (QED) is 0.823. The highest BCUT2D eigenvalue weighted by molar-refractivity contribution is 5.76. The van der Waals surface area contributed by atoms with E-state index in [0.29, 0.717) is 18.8 Å². The van der Waals surface area contributed by atoms with Crippen molar-refractivity contribution in [2.75, 3.05) is 13.1 Å². The lowest BCUT2D eigenvalue weighted by Gasteiger charge is -2.33. The van der Waals surface area contributed by atoms with Crippen LogP contribution in [0.4, 0.5) is 0 Å². The lowest BCUT2D eigenvalue weighted by atomic mass is 9.96. The average molecular weight is 355 g/mol. The molecule has 5 nitrogen and oxygen atoms in total. The summed E-state index contributed by atoms with van der Waals surface area (Å²) in [5.74, 6) is 1.95. The second kappa shape index (κ2) is 8.88. The number of hydrogen-bond donors (Lipinski definition) is 1. The number of phenolic OH excluding ortho intramolecular Hbond substituents is 1. The number of likely N-dealkylation sites (tertiary alicyclic amines) is 1. The van der Waals surface area contributed by atoms with Gasteiger partial charge in [0.2, 0.25) is 5.91 Å². The van der Waals surface area contributed by atoms with Gasteiger partial charge in [-0.2, -0.15) is 0 Å². The lowest BCUT2D eigenvalue weighted by molar-refractivity contribution is -0.132. The lowest BCUT2D eigenvalue weighted by Crippen LogP contribution is -2.39. The van der Waals surface area contributed by atoms with Gasteiger partial charge in [-0.3, -0.25) is 4.79 Å². The first-order chi connectivity index (χ1) is 12.7. The molecule has 1 aromatic heterocycles. The van der Waals surface area contributed by atoms with Gasteiger partial charge in [0.1, 0.15) is 11.6 Å². The third-order valence-corrected chi connectivity index (χ3v) is 5.20. The van der Waals surface area contributed by atoms with Gasteiger partial charge in [0.15, 0.2) is 0 Å². The van der Waals surface area contributed by atoms with Crippen molar-refractivity contribution in [3.05, 3.63) is 48.0 Å². The molecule has 0 aliphatic carbocycles. The number of hydrogen-bond acceptors (Lipinski definition) is 3. The van der Waals surface area contributed by atoms with Crippen molar-refractivity contribution in [2.45, 2.75) is 57.9 Å². The van der Waals surface area contributed by atoms with Crippen molar-refractivity contribution < 1.29 is 9.90 Å². The highest BCUT2D eigenvalue weighted by Crippen LogP contribution is 2.26. The number of carbonyl (C=O) groups is 1. The Morgan fingerprint density at radius 1 is 1.31 bits per heavy atom. The number of aromatic nitrogens is 2. The molecule has 0 radical (unpaired) electrons. The molecule has 0 unspecified atom stereocenters. The van der Waals surface area contributed by atoms with Crippen molar-refractivity contribution in [1.29, 1.82) is 0 Å². The Morgan fingerprint density at radius 2 is 2.12 bits per heavy atom. The molecule has 26 heavy (non-hydrogen) atoms. The van der Waals surface area contributed by atoms with Crippen LogP contribution in [0.15, 0.2) is 36.7 Å².